The van der Waals surface area contributed by atoms with E-state index in [4.69, 9.17) is 14.6 Å². The molecule has 6 heteroatoms. The smallest absolute Gasteiger partial charge is 0.341 e. The largest absolute Gasteiger partial charge is 0.481 e. The van der Waals surface area contributed by atoms with Gasteiger partial charge in [-0.15, -0.1) is 0 Å². The maximum absolute atomic E-state index is 12.3. The van der Waals surface area contributed by atoms with Gasteiger partial charge in [0.2, 0.25) is 5.91 Å². The van der Waals surface area contributed by atoms with E-state index in [0.29, 0.717) is 23.8 Å². The Balaban J connectivity index is 1.68. The van der Waals surface area contributed by atoms with Gasteiger partial charge in [-0.1, -0.05) is 24.3 Å². The standard InChI is InChI=1S/C20H23NO5/c22-19(8-5-14-9-11-25-12-10-14)21-17-6-7-18(26-13-20(23)24)16-4-2-1-3-15(16)17/h1-4,6-7,14H,5,8-13H2,(H,21,22)(H,23,24). The summed E-state index contributed by atoms with van der Waals surface area (Å²) >= 11 is 0. The van der Waals surface area contributed by atoms with Crippen molar-refractivity contribution in [3.8, 4) is 5.75 Å². The van der Waals surface area contributed by atoms with E-state index in [1.165, 1.54) is 0 Å². The molecule has 3 rings (SSSR count). The van der Waals surface area contributed by atoms with Crippen LogP contribution in [0.25, 0.3) is 10.8 Å². The molecule has 2 aromatic rings. The van der Waals surface area contributed by atoms with E-state index in [2.05, 4.69) is 5.32 Å². The van der Waals surface area contributed by atoms with Gasteiger partial charge in [-0.2, -0.15) is 0 Å². The summed E-state index contributed by atoms with van der Waals surface area (Å²) in [5.41, 5.74) is 0.709. The minimum absolute atomic E-state index is 0.0131. The monoisotopic (exact) mass is 357 g/mol. The van der Waals surface area contributed by atoms with E-state index in [-0.39, 0.29) is 5.91 Å². The molecular formula is C20H23NO5. The fourth-order valence-electron chi connectivity index (χ4n) is 3.23. The first kappa shape index (κ1) is 18.2. The lowest BCUT2D eigenvalue weighted by Crippen LogP contribution is -2.19. The molecule has 0 aromatic heterocycles. The summed E-state index contributed by atoms with van der Waals surface area (Å²) in [6.07, 6.45) is 3.39. The fraction of sp³-hybridized carbons (Fsp3) is 0.400. The fourth-order valence-corrected chi connectivity index (χ4v) is 3.23. The van der Waals surface area contributed by atoms with Gasteiger partial charge < -0.3 is 19.9 Å². The molecule has 0 bridgehead atoms. The second-order valence-electron chi connectivity index (χ2n) is 6.48. The number of aliphatic carboxylic acids is 1. The van der Waals surface area contributed by atoms with E-state index in [1.54, 1.807) is 12.1 Å². The molecule has 0 spiro atoms. The predicted octanol–water partition coefficient (Wildman–Crippen LogP) is 3.45. The zero-order valence-electron chi connectivity index (χ0n) is 14.6. The van der Waals surface area contributed by atoms with Crippen molar-refractivity contribution in [3.05, 3.63) is 36.4 Å². The van der Waals surface area contributed by atoms with E-state index >= 15 is 0 Å². The Morgan fingerprint density at radius 2 is 1.85 bits per heavy atom. The van der Waals surface area contributed by atoms with Gasteiger partial charge in [-0.05, 0) is 37.3 Å². The molecule has 6 nitrogen and oxygen atoms in total. The van der Waals surface area contributed by atoms with Crippen LogP contribution in [0.4, 0.5) is 5.69 Å². The number of hydrogen-bond acceptors (Lipinski definition) is 4. The van der Waals surface area contributed by atoms with Crippen molar-refractivity contribution in [1.29, 1.82) is 0 Å². The Hall–Kier alpha value is -2.60. The topological polar surface area (TPSA) is 84.9 Å². The lowest BCUT2D eigenvalue weighted by molar-refractivity contribution is -0.139. The highest BCUT2D eigenvalue weighted by Crippen LogP contribution is 2.32. The number of amides is 1. The summed E-state index contributed by atoms with van der Waals surface area (Å²) in [6.45, 7) is 1.17. The van der Waals surface area contributed by atoms with Gasteiger partial charge in [0, 0.05) is 36.1 Å². The van der Waals surface area contributed by atoms with Crippen LogP contribution in [0.5, 0.6) is 5.75 Å². The normalized spacial score (nSPS) is 14.9. The lowest BCUT2D eigenvalue weighted by atomic mass is 9.95. The number of ether oxygens (including phenoxy) is 2. The van der Waals surface area contributed by atoms with Crippen molar-refractivity contribution in [1.82, 2.24) is 0 Å². The summed E-state index contributed by atoms with van der Waals surface area (Å²) < 4.78 is 10.7. The van der Waals surface area contributed by atoms with Crippen molar-refractivity contribution in [3.63, 3.8) is 0 Å². The molecule has 0 saturated carbocycles. The second-order valence-corrected chi connectivity index (χ2v) is 6.48. The highest BCUT2D eigenvalue weighted by Gasteiger charge is 2.16. The highest BCUT2D eigenvalue weighted by molar-refractivity contribution is 6.04. The van der Waals surface area contributed by atoms with Gasteiger partial charge >= 0.3 is 5.97 Å². The van der Waals surface area contributed by atoms with Gasteiger partial charge in [0.15, 0.2) is 6.61 Å². The predicted molar refractivity (Wildman–Crippen MR) is 98.5 cm³/mol. The molecule has 0 radical (unpaired) electrons. The van der Waals surface area contributed by atoms with Crippen molar-refractivity contribution in [2.45, 2.75) is 25.7 Å². The number of hydrogen-bond donors (Lipinski definition) is 2. The maximum Gasteiger partial charge on any atom is 0.341 e. The molecule has 1 heterocycles. The average Bonchev–Trinajstić information content (AvgIpc) is 2.66. The number of benzene rings is 2. The summed E-state index contributed by atoms with van der Waals surface area (Å²) in [4.78, 5) is 23.1. The van der Waals surface area contributed by atoms with E-state index < -0.39 is 12.6 Å². The molecule has 0 atom stereocenters. The molecule has 1 saturated heterocycles. The summed E-state index contributed by atoms with van der Waals surface area (Å²) in [5, 5.41) is 13.4. The Morgan fingerprint density at radius 1 is 1.12 bits per heavy atom. The van der Waals surface area contributed by atoms with Crippen LogP contribution >= 0.6 is 0 Å². The third-order valence-corrected chi connectivity index (χ3v) is 4.63. The minimum Gasteiger partial charge on any atom is -0.481 e. The number of rotatable bonds is 7. The Bertz CT molecular complexity index is 783. The second kappa shape index (κ2) is 8.67. The average molecular weight is 357 g/mol. The molecular weight excluding hydrogens is 334 g/mol. The molecule has 2 N–H and O–H groups in total. The Labute approximate surface area is 152 Å². The number of carboxylic acids is 1. The zero-order valence-corrected chi connectivity index (χ0v) is 14.6. The van der Waals surface area contributed by atoms with Crippen LogP contribution in [-0.4, -0.2) is 36.8 Å². The SMILES string of the molecule is O=C(O)COc1ccc(NC(=O)CCC2CCOCC2)c2ccccc12. The molecule has 0 unspecified atom stereocenters. The summed E-state index contributed by atoms with van der Waals surface area (Å²) in [6, 6.07) is 10.9. The van der Waals surface area contributed by atoms with Crippen molar-refractivity contribution in [2.24, 2.45) is 5.92 Å². The van der Waals surface area contributed by atoms with Crippen LogP contribution in [-0.2, 0) is 14.3 Å². The van der Waals surface area contributed by atoms with Gasteiger partial charge in [-0.3, -0.25) is 4.79 Å². The third kappa shape index (κ3) is 4.73. The summed E-state index contributed by atoms with van der Waals surface area (Å²) in [7, 11) is 0. The number of carbonyl (C=O) groups excluding carboxylic acids is 1. The maximum atomic E-state index is 12.3. The molecule has 1 fully saturated rings. The van der Waals surface area contributed by atoms with Crippen LogP contribution in [0, 0.1) is 5.92 Å². The van der Waals surface area contributed by atoms with E-state index in [0.717, 1.165) is 43.2 Å². The molecule has 26 heavy (non-hydrogen) atoms. The first-order valence-corrected chi connectivity index (χ1v) is 8.87. The van der Waals surface area contributed by atoms with Crippen LogP contribution in [0.3, 0.4) is 0 Å². The number of carbonyl (C=O) groups is 2. The Kier molecular flexibility index (Phi) is 6.07. The van der Waals surface area contributed by atoms with E-state index in [9.17, 15) is 9.59 Å². The molecule has 1 aliphatic heterocycles. The van der Waals surface area contributed by atoms with Gasteiger partial charge in [0.1, 0.15) is 5.75 Å². The molecule has 1 aliphatic rings. The van der Waals surface area contributed by atoms with Crippen molar-refractivity contribution < 1.29 is 24.2 Å². The number of nitrogens with one attached hydrogen (secondary N) is 1. The molecule has 2 aromatic carbocycles. The third-order valence-electron chi connectivity index (χ3n) is 4.63. The Morgan fingerprint density at radius 3 is 2.58 bits per heavy atom. The lowest BCUT2D eigenvalue weighted by Gasteiger charge is -2.21. The van der Waals surface area contributed by atoms with Gasteiger partial charge in [0.25, 0.3) is 0 Å². The van der Waals surface area contributed by atoms with Gasteiger partial charge in [0.05, 0.1) is 0 Å². The number of anilines is 1. The molecule has 0 aliphatic carbocycles. The van der Waals surface area contributed by atoms with Crippen molar-refractivity contribution in [2.75, 3.05) is 25.1 Å². The summed E-state index contributed by atoms with van der Waals surface area (Å²) in [5.74, 6) is 0.00154. The van der Waals surface area contributed by atoms with Crippen LogP contribution in [0.2, 0.25) is 0 Å². The van der Waals surface area contributed by atoms with Crippen molar-refractivity contribution >= 4 is 28.3 Å². The first-order valence-electron chi connectivity index (χ1n) is 8.87. The quantitative estimate of drug-likeness (QED) is 0.793. The minimum atomic E-state index is -1.03. The molecule has 1 amide bonds. The molecule has 138 valence electrons. The number of fused-ring (bicyclic) bond motifs is 1. The van der Waals surface area contributed by atoms with Crippen LogP contribution in [0.15, 0.2) is 36.4 Å². The van der Waals surface area contributed by atoms with Crippen LogP contribution in [0.1, 0.15) is 25.7 Å². The van der Waals surface area contributed by atoms with E-state index in [1.807, 2.05) is 24.3 Å². The van der Waals surface area contributed by atoms with Crippen LogP contribution < -0.4 is 10.1 Å². The zero-order chi connectivity index (χ0) is 18.4. The highest BCUT2D eigenvalue weighted by atomic mass is 16.5. The van der Waals surface area contributed by atoms with Gasteiger partial charge in [-0.25, -0.2) is 4.79 Å². The number of carboxylic acid groups (broad SMARTS) is 1. The first-order chi connectivity index (χ1) is 12.6.